The van der Waals surface area contributed by atoms with Crippen molar-refractivity contribution in [3.05, 3.63) is 69.9 Å². The molecular formula is C15H14BrFO2. The lowest BCUT2D eigenvalue weighted by Gasteiger charge is -2.18. The molecule has 0 radical (unpaired) electrons. The zero-order chi connectivity index (χ0) is 13.8. The molecule has 2 atom stereocenters. The van der Waals surface area contributed by atoms with Gasteiger partial charge in [0.15, 0.2) is 0 Å². The van der Waals surface area contributed by atoms with Gasteiger partial charge in [-0.15, -0.1) is 0 Å². The van der Waals surface area contributed by atoms with Gasteiger partial charge in [-0.2, -0.15) is 0 Å². The quantitative estimate of drug-likeness (QED) is 0.906. The number of rotatable bonds is 4. The third kappa shape index (κ3) is 3.62. The van der Waals surface area contributed by atoms with E-state index in [2.05, 4.69) is 15.9 Å². The van der Waals surface area contributed by atoms with Gasteiger partial charge in [-0.1, -0.05) is 52.3 Å². The van der Waals surface area contributed by atoms with E-state index < -0.39 is 12.2 Å². The Kier molecular flexibility index (Phi) is 4.69. The Hall–Kier alpha value is -1.23. The van der Waals surface area contributed by atoms with Crippen molar-refractivity contribution in [3.63, 3.8) is 0 Å². The van der Waals surface area contributed by atoms with Gasteiger partial charge >= 0.3 is 0 Å². The van der Waals surface area contributed by atoms with E-state index in [1.54, 1.807) is 30.3 Å². The van der Waals surface area contributed by atoms with Crippen molar-refractivity contribution in [2.24, 2.45) is 0 Å². The maximum Gasteiger partial charge on any atom is 0.124 e. The van der Waals surface area contributed by atoms with Crippen LogP contribution in [0.2, 0.25) is 0 Å². The molecule has 2 rings (SSSR count). The SMILES string of the molecule is OC(Cc1ccc(F)cc1Br)C(O)c1ccccc1. The van der Waals surface area contributed by atoms with Crippen molar-refractivity contribution in [1.82, 2.24) is 0 Å². The fourth-order valence-electron chi connectivity index (χ4n) is 1.90. The molecular weight excluding hydrogens is 311 g/mol. The predicted octanol–water partition coefficient (Wildman–Crippen LogP) is 3.23. The Morgan fingerprint density at radius 1 is 1.05 bits per heavy atom. The van der Waals surface area contributed by atoms with Gasteiger partial charge in [0.05, 0.1) is 6.10 Å². The van der Waals surface area contributed by atoms with Gasteiger partial charge in [-0.25, -0.2) is 4.39 Å². The van der Waals surface area contributed by atoms with Crippen molar-refractivity contribution in [1.29, 1.82) is 0 Å². The first kappa shape index (κ1) is 14.2. The summed E-state index contributed by atoms with van der Waals surface area (Å²) in [5.41, 5.74) is 1.41. The van der Waals surface area contributed by atoms with Crippen LogP contribution in [0.5, 0.6) is 0 Å². The first-order chi connectivity index (χ1) is 9.08. The molecule has 2 aromatic rings. The second-order valence-electron chi connectivity index (χ2n) is 4.36. The first-order valence-corrected chi connectivity index (χ1v) is 6.72. The summed E-state index contributed by atoms with van der Waals surface area (Å²) in [6.07, 6.45) is -1.65. The fraction of sp³-hybridized carbons (Fsp3) is 0.200. The highest BCUT2D eigenvalue weighted by molar-refractivity contribution is 9.10. The van der Waals surface area contributed by atoms with Crippen LogP contribution in [0.15, 0.2) is 53.0 Å². The van der Waals surface area contributed by atoms with Crippen LogP contribution in [0, 0.1) is 5.82 Å². The largest absolute Gasteiger partial charge is 0.390 e. The van der Waals surface area contributed by atoms with Crippen molar-refractivity contribution >= 4 is 15.9 Å². The van der Waals surface area contributed by atoms with Crippen LogP contribution in [-0.2, 0) is 6.42 Å². The molecule has 19 heavy (non-hydrogen) atoms. The molecule has 0 aliphatic rings. The standard InChI is InChI=1S/C15H14BrFO2/c16-13-9-12(17)7-6-11(13)8-14(18)15(19)10-4-2-1-3-5-10/h1-7,9,14-15,18-19H,8H2. The Labute approximate surface area is 119 Å². The van der Waals surface area contributed by atoms with Crippen LogP contribution in [-0.4, -0.2) is 16.3 Å². The van der Waals surface area contributed by atoms with E-state index >= 15 is 0 Å². The van der Waals surface area contributed by atoms with Crippen molar-refractivity contribution in [3.8, 4) is 0 Å². The van der Waals surface area contributed by atoms with Gasteiger partial charge in [-0.05, 0) is 23.3 Å². The molecule has 0 bridgehead atoms. The molecule has 2 unspecified atom stereocenters. The minimum atomic E-state index is -0.960. The molecule has 0 aliphatic carbocycles. The first-order valence-electron chi connectivity index (χ1n) is 5.93. The lowest BCUT2D eigenvalue weighted by atomic mass is 9.98. The monoisotopic (exact) mass is 324 g/mol. The van der Waals surface area contributed by atoms with Gasteiger partial charge in [0, 0.05) is 10.9 Å². The second-order valence-corrected chi connectivity index (χ2v) is 5.22. The number of aliphatic hydroxyl groups excluding tert-OH is 2. The molecule has 2 aromatic carbocycles. The minimum absolute atomic E-state index is 0.247. The van der Waals surface area contributed by atoms with E-state index in [1.165, 1.54) is 12.1 Å². The van der Waals surface area contributed by atoms with Gasteiger partial charge < -0.3 is 10.2 Å². The Balaban J connectivity index is 2.10. The molecule has 0 saturated heterocycles. The van der Waals surface area contributed by atoms with E-state index in [1.807, 2.05) is 6.07 Å². The zero-order valence-corrected chi connectivity index (χ0v) is 11.7. The summed E-state index contributed by atoms with van der Waals surface area (Å²) in [5.74, 6) is -0.339. The van der Waals surface area contributed by atoms with Crippen LogP contribution < -0.4 is 0 Å². The summed E-state index contributed by atoms with van der Waals surface area (Å²) in [7, 11) is 0. The maximum atomic E-state index is 13.0. The summed E-state index contributed by atoms with van der Waals surface area (Å²) in [6.45, 7) is 0. The zero-order valence-electron chi connectivity index (χ0n) is 10.1. The smallest absolute Gasteiger partial charge is 0.124 e. The highest BCUT2D eigenvalue weighted by Gasteiger charge is 2.19. The molecule has 0 spiro atoms. The van der Waals surface area contributed by atoms with Gasteiger partial charge in [0.2, 0.25) is 0 Å². The van der Waals surface area contributed by atoms with Crippen molar-refractivity contribution in [2.45, 2.75) is 18.6 Å². The third-order valence-electron chi connectivity index (χ3n) is 2.95. The minimum Gasteiger partial charge on any atom is -0.390 e. The predicted molar refractivity (Wildman–Crippen MR) is 75.2 cm³/mol. The number of benzene rings is 2. The van der Waals surface area contributed by atoms with E-state index in [0.29, 0.717) is 10.0 Å². The van der Waals surface area contributed by atoms with Crippen LogP contribution in [0.4, 0.5) is 4.39 Å². The van der Waals surface area contributed by atoms with Gasteiger partial charge in [0.1, 0.15) is 11.9 Å². The van der Waals surface area contributed by atoms with E-state index in [0.717, 1.165) is 5.56 Å². The summed E-state index contributed by atoms with van der Waals surface area (Å²) in [6, 6.07) is 13.2. The summed E-state index contributed by atoms with van der Waals surface area (Å²) in [4.78, 5) is 0. The molecule has 0 fully saturated rings. The molecule has 100 valence electrons. The highest BCUT2D eigenvalue weighted by atomic mass is 79.9. The molecule has 2 N–H and O–H groups in total. The Morgan fingerprint density at radius 2 is 1.74 bits per heavy atom. The van der Waals surface area contributed by atoms with Crippen LogP contribution >= 0.6 is 15.9 Å². The van der Waals surface area contributed by atoms with Crippen molar-refractivity contribution in [2.75, 3.05) is 0 Å². The second kappa shape index (κ2) is 6.28. The number of halogens is 2. The van der Waals surface area contributed by atoms with Gasteiger partial charge in [0.25, 0.3) is 0 Å². The molecule has 0 saturated carbocycles. The lowest BCUT2D eigenvalue weighted by molar-refractivity contribution is 0.0189. The fourth-order valence-corrected chi connectivity index (χ4v) is 2.41. The number of hydrogen-bond donors (Lipinski definition) is 2. The molecule has 4 heteroatoms. The summed E-state index contributed by atoms with van der Waals surface area (Å²) < 4.78 is 13.6. The molecule has 2 nitrogen and oxygen atoms in total. The van der Waals surface area contributed by atoms with Crippen LogP contribution in [0.3, 0.4) is 0 Å². The number of aliphatic hydroxyl groups is 2. The Bertz CT molecular complexity index is 545. The van der Waals surface area contributed by atoms with Crippen LogP contribution in [0.25, 0.3) is 0 Å². The maximum absolute atomic E-state index is 13.0. The van der Waals surface area contributed by atoms with E-state index in [4.69, 9.17) is 0 Å². The molecule has 0 aromatic heterocycles. The van der Waals surface area contributed by atoms with E-state index in [-0.39, 0.29) is 12.2 Å². The highest BCUT2D eigenvalue weighted by Crippen LogP contribution is 2.24. The van der Waals surface area contributed by atoms with E-state index in [9.17, 15) is 14.6 Å². The third-order valence-corrected chi connectivity index (χ3v) is 3.69. The molecule has 0 heterocycles. The number of hydrogen-bond acceptors (Lipinski definition) is 2. The van der Waals surface area contributed by atoms with Gasteiger partial charge in [-0.3, -0.25) is 0 Å². The molecule has 0 aliphatic heterocycles. The summed E-state index contributed by atoms with van der Waals surface area (Å²) in [5, 5.41) is 20.1. The summed E-state index contributed by atoms with van der Waals surface area (Å²) >= 11 is 3.25. The molecule has 0 amide bonds. The Morgan fingerprint density at radius 3 is 2.37 bits per heavy atom. The average Bonchev–Trinajstić information content (AvgIpc) is 2.42. The lowest BCUT2D eigenvalue weighted by Crippen LogP contribution is -2.21. The average molecular weight is 325 g/mol. The topological polar surface area (TPSA) is 40.5 Å². The normalized spacial score (nSPS) is 14.1. The van der Waals surface area contributed by atoms with Crippen molar-refractivity contribution < 1.29 is 14.6 Å². The van der Waals surface area contributed by atoms with Crippen LogP contribution in [0.1, 0.15) is 17.2 Å².